The lowest BCUT2D eigenvalue weighted by Crippen LogP contribution is -2.10. The summed E-state index contributed by atoms with van der Waals surface area (Å²) in [7, 11) is 1.29. The molecule has 3 rings (SSSR count). The molecule has 0 radical (unpaired) electrons. The quantitative estimate of drug-likeness (QED) is 0.347. The molecule has 0 aromatic carbocycles. The second-order valence-electron chi connectivity index (χ2n) is 6.06. The third kappa shape index (κ3) is 4.37. The molecule has 3 aromatic heterocycles. The van der Waals surface area contributed by atoms with Crippen molar-refractivity contribution in [3.63, 3.8) is 0 Å². The number of nitrogens with zero attached hydrogens (tertiary/aromatic N) is 5. The number of carbonyl (C=O) groups excluding carboxylic acids is 1. The number of aromatic nitrogens is 5. The molecule has 148 valence electrons. The van der Waals surface area contributed by atoms with E-state index in [-0.39, 0.29) is 11.0 Å². The highest BCUT2D eigenvalue weighted by molar-refractivity contribution is 6.29. The van der Waals surface area contributed by atoms with E-state index < -0.39 is 5.97 Å². The molecule has 0 saturated heterocycles. The zero-order valence-corrected chi connectivity index (χ0v) is 16.7. The molecule has 9 nitrogen and oxygen atoms in total. The first kappa shape index (κ1) is 20.0. The minimum atomic E-state index is -0.604. The fourth-order valence-corrected chi connectivity index (χ4v) is 2.83. The van der Waals surface area contributed by atoms with Gasteiger partial charge in [0, 0.05) is 12.8 Å². The van der Waals surface area contributed by atoms with Crippen LogP contribution in [0, 0.1) is 6.92 Å². The van der Waals surface area contributed by atoms with Crippen LogP contribution >= 0.6 is 11.6 Å². The van der Waals surface area contributed by atoms with Gasteiger partial charge < -0.3 is 14.8 Å². The topological polar surface area (TPSA) is 104 Å². The van der Waals surface area contributed by atoms with Gasteiger partial charge in [0.05, 0.1) is 20.3 Å². The van der Waals surface area contributed by atoms with Gasteiger partial charge in [0.25, 0.3) is 0 Å². The molecule has 0 fully saturated rings. The van der Waals surface area contributed by atoms with Gasteiger partial charge in [0.2, 0.25) is 5.28 Å². The normalized spacial score (nSPS) is 11.0. The van der Waals surface area contributed by atoms with Crippen molar-refractivity contribution in [1.82, 2.24) is 24.7 Å². The highest BCUT2D eigenvalue weighted by atomic mass is 35.5. The van der Waals surface area contributed by atoms with Gasteiger partial charge in [-0.15, -0.1) is 0 Å². The number of anilines is 2. The van der Waals surface area contributed by atoms with Gasteiger partial charge in [-0.25, -0.2) is 14.8 Å². The van der Waals surface area contributed by atoms with Crippen molar-refractivity contribution in [3.05, 3.63) is 34.9 Å². The summed E-state index contributed by atoms with van der Waals surface area (Å²) in [4.78, 5) is 24.9. The van der Waals surface area contributed by atoms with Gasteiger partial charge in [-0.05, 0) is 42.6 Å². The van der Waals surface area contributed by atoms with E-state index in [1.165, 1.54) is 7.11 Å². The van der Waals surface area contributed by atoms with Crippen LogP contribution < -0.4 is 5.32 Å². The van der Waals surface area contributed by atoms with Crippen LogP contribution in [-0.4, -0.2) is 51.0 Å². The highest BCUT2D eigenvalue weighted by Gasteiger charge is 2.23. The first-order valence-electron chi connectivity index (χ1n) is 8.83. The zero-order chi connectivity index (χ0) is 20.1. The van der Waals surface area contributed by atoms with Crippen LogP contribution in [0.25, 0.3) is 11.0 Å². The Balaban J connectivity index is 2.08. The predicted molar refractivity (Wildman–Crippen MR) is 105 cm³/mol. The molecule has 10 heteroatoms. The summed E-state index contributed by atoms with van der Waals surface area (Å²) < 4.78 is 12.0. The van der Waals surface area contributed by atoms with Gasteiger partial charge in [-0.1, -0.05) is 6.92 Å². The summed E-state index contributed by atoms with van der Waals surface area (Å²) in [6.07, 6.45) is 2.60. The van der Waals surface area contributed by atoms with E-state index in [9.17, 15) is 4.79 Å². The van der Waals surface area contributed by atoms with Crippen molar-refractivity contribution in [2.45, 2.75) is 26.8 Å². The second-order valence-corrected chi connectivity index (χ2v) is 6.40. The van der Waals surface area contributed by atoms with E-state index in [1.54, 1.807) is 10.9 Å². The van der Waals surface area contributed by atoms with Crippen LogP contribution in [0.3, 0.4) is 0 Å². The third-order valence-electron chi connectivity index (χ3n) is 3.90. The van der Waals surface area contributed by atoms with Crippen molar-refractivity contribution in [1.29, 1.82) is 0 Å². The van der Waals surface area contributed by atoms with Crippen molar-refractivity contribution < 1.29 is 14.3 Å². The number of hydrogen-bond acceptors (Lipinski definition) is 8. The van der Waals surface area contributed by atoms with E-state index in [1.807, 2.05) is 26.0 Å². The smallest absolute Gasteiger partial charge is 0.360 e. The summed E-state index contributed by atoms with van der Waals surface area (Å²) in [5.41, 5.74) is 1.92. The Bertz CT molecular complexity index is 991. The molecule has 1 N–H and O–H groups in total. The molecule has 3 heterocycles. The monoisotopic (exact) mass is 404 g/mol. The summed E-state index contributed by atoms with van der Waals surface area (Å²) >= 11 is 6.10. The Kier molecular flexibility index (Phi) is 6.37. The number of hydrogen-bond donors (Lipinski definition) is 1. The number of pyridine rings is 1. The number of halogens is 1. The van der Waals surface area contributed by atoms with Crippen molar-refractivity contribution >= 4 is 40.2 Å². The molecular formula is C18H21ClN6O3. The van der Waals surface area contributed by atoms with Gasteiger partial charge >= 0.3 is 5.97 Å². The summed E-state index contributed by atoms with van der Waals surface area (Å²) in [5.74, 6) is 0.379. The number of esters is 1. The number of methoxy groups -OCH3 is 1. The zero-order valence-electron chi connectivity index (χ0n) is 15.9. The number of nitrogens with one attached hydrogen (secondary N) is 1. The first-order chi connectivity index (χ1) is 13.5. The van der Waals surface area contributed by atoms with Crippen LogP contribution in [0.1, 0.15) is 29.4 Å². The number of carbonyl (C=O) groups is 1. The van der Waals surface area contributed by atoms with Crippen LogP contribution in [0.5, 0.6) is 0 Å². The van der Waals surface area contributed by atoms with Crippen molar-refractivity contribution in [3.8, 4) is 0 Å². The van der Waals surface area contributed by atoms with Crippen LogP contribution in [-0.2, 0) is 16.0 Å². The van der Waals surface area contributed by atoms with Crippen molar-refractivity contribution in [2.24, 2.45) is 0 Å². The Morgan fingerprint density at radius 3 is 2.86 bits per heavy atom. The van der Waals surface area contributed by atoms with Crippen molar-refractivity contribution in [2.75, 3.05) is 25.6 Å². The molecule has 3 aromatic rings. The second kappa shape index (κ2) is 8.94. The summed E-state index contributed by atoms with van der Waals surface area (Å²) in [6.45, 7) is 5.47. The first-order valence-corrected chi connectivity index (χ1v) is 9.21. The largest absolute Gasteiger partial charge is 0.464 e. The predicted octanol–water partition coefficient (Wildman–Crippen LogP) is 3.14. The van der Waals surface area contributed by atoms with E-state index >= 15 is 0 Å². The Hall–Kier alpha value is -2.78. The maximum absolute atomic E-state index is 12.2. The molecule has 0 bridgehead atoms. The minimum Gasteiger partial charge on any atom is -0.464 e. The Morgan fingerprint density at radius 2 is 2.14 bits per heavy atom. The van der Waals surface area contributed by atoms with E-state index in [2.05, 4.69) is 25.4 Å². The molecule has 0 aliphatic heterocycles. The van der Waals surface area contributed by atoms with Gasteiger partial charge in [0.1, 0.15) is 16.9 Å². The maximum Gasteiger partial charge on any atom is 0.360 e. The molecule has 0 atom stereocenters. The van der Waals surface area contributed by atoms with Gasteiger partial charge in [0.15, 0.2) is 11.5 Å². The average molecular weight is 405 g/mol. The fraction of sp³-hybridized carbons (Fsp3) is 0.389. The molecule has 28 heavy (non-hydrogen) atoms. The Morgan fingerprint density at radius 1 is 1.32 bits per heavy atom. The van der Waals surface area contributed by atoms with Crippen LogP contribution in [0.2, 0.25) is 5.28 Å². The fourth-order valence-electron chi connectivity index (χ4n) is 2.66. The number of rotatable bonds is 8. The average Bonchev–Trinajstić information content (AvgIpc) is 3.03. The number of fused-ring (bicyclic) bond motifs is 1. The lowest BCUT2D eigenvalue weighted by atomic mass is 10.3. The van der Waals surface area contributed by atoms with E-state index in [4.69, 9.17) is 21.1 Å². The van der Waals surface area contributed by atoms with Gasteiger partial charge in [-0.3, -0.25) is 4.68 Å². The number of ether oxygens (including phenoxy) is 2. The standard InChI is InChI=1S/C18H21ClN6O3/c1-4-8-28-9-7-25-15-13(14(24-25)17(26)27-3)22-18(19)23-16(15)21-12-10-11(2)5-6-20-12/h5-6,10H,4,7-9H2,1-3H3,(H,20,21,22,23). The third-order valence-corrected chi connectivity index (χ3v) is 4.07. The van der Waals surface area contributed by atoms with E-state index in [0.29, 0.717) is 42.4 Å². The summed E-state index contributed by atoms with van der Waals surface area (Å²) in [6, 6.07) is 3.76. The molecule has 0 aliphatic carbocycles. The van der Waals surface area contributed by atoms with Crippen LogP contribution in [0.15, 0.2) is 18.3 Å². The molecule has 0 unspecified atom stereocenters. The lowest BCUT2D eigenvalue weighted by molar-refractivity contribution is 0.0594. The summed E-state index contributed by atoms with van der Waals surface area (Å²) in [5, 5.41) is 7.48. The maximum atomic E-state index is 12.2. The minimum absolute atomic E-state index is 0.0189. The van der Waals surface area contributed by atoms with Gasteiger partial charge in [-0.2, -0.15) is 10.1 Å². The molecule has 0 saturated carbocycles. The number of aryl methyl sites for hydroxylation is 1. The molecule has 0 spiro atoms. The Labute approximate surface area is 167 Å². The molecular weight excluding hydrogens is 384 g/mol. The van der Waals surface area contributed by atoms with Crippen LogP contribution in [0.4, 0.5) is 11.6 Å². The molecule has 0 aliphatic rings. The molecule has 0 amide bonds. The highest BCUT2D eigenvalue weighted by Crippen LogP contribution is 2.27. The SMILES string of the molecule is CCCOCCn1nc(C(=O)OC)c2nc(Cl)nc(Nc3cc(C)ccn3)c21. The lowest BCUT2D eigenvalue weighted by Gasteiger charge is -2.10. The van der Waals surface area contributed by atoms with E-state index in [0.717, 1.165) is 12.0 Å².